The second-order valence-electron chi connectivity index (χ2n) is 6.33. The number of nitrogens with two attached hydrogens (primary N) is 1. The van der Waals surface area contributed by atoms with Crippen LogP contribution in [0, 0.1) is 0 Å². The molecule has 2 N–H and O–H groups in total. The summed E-state index contributed by atoms with van der Waals surface area (Å²) in [6.07, 6.45) is 3.85. The first-order valence-corrected chi connectivity index (χ1v) is 10.3. The molecule has 6 heteroatoms. The Labute approximate surface area is 151 Å². The molecule has 0 radical (unpaired) electrons. The van der Waals surface area contributed by atoms with Crippen LogP contribution >= 0.6 is 38.6 Å². The van der Waals surface area contributed by atoms with Gasteiger partial charge in [-0.2, -0.15) is 0 Å². The van der Waals surface area contributed by atoms with Gasteiger partial charge in [-0.05, 0) is 43.0 Å². The monoisotopic (exact) mass is 405 g/mol. The van der Waals surface area contributed by atoms with E-state index >= 15 is 0 Å². The minimum Gasteiger partial charge on any atom is -0.390 e. The lowest BCUT2D eigenvalue weighted by molar-refractivity contribution is 0.247. The highest BCUT2D eigenvalue weighted by molar-refractivity contribution is 9.10. The van der Waals surface area contributed by atoms with Gasteiger partial charge in [-0.25, -0.2) is 4.98 Å². The van der Waals surface area contributed by atoms with E-state index in [1.807, 2.05) is 0 Å². The predicted molar refractivity (Wildman–Crippen MR) is 102 cm³/mol. The Hall–Kier alpha value is -0.950. The highest BCUT2D eigenvalue weighted by Gasteiger charge is 2.33. The number of hydrogen-bond donors (Lipinski definition) is 1. The summed E-state index contributed by atoms with van der Waals surface area (Å²) < 4.78 is 2.29. The van der Waals surface area contributed by atoms with Crippen LogP contribution < -0.4 is 5.73 Å². The third-order valence-electron chi connectivity index (χ3n) is 4.74. The van der Waals surface area contributed by atoms with Crippen LogP contribution in [-0.2, 0) is 13.0 Å². The van der Waals surface area contributed by atoms with Gasteiger partial charge in [0.25, 0.3) is 0 Å². The zero-order chi connectivity index (χ0) is 15.6. The predicted octanol–water partition coefficient (Wildman–Crippen LogP) is 4.89. The lowest BCUT2D eigenvalue weighted by Gasteiger charge is -2.26. The standard InChI is InChI=1S/C17H16BrN3S2/c18-9-1-4-13-12(7-9)20-17(23-13)15-11-5-6-21(10-2-3-10)8-14(11)22-16(15)19/h1,4,7,10H,2-3,5-6,8,19H2. The second kappa shape index (κ2) is 5.28. The van der Waals surface area contributed by atoms with Gasteiger partial charge in [-0.15, -0.1) is 22.7 Å². The van der Waals surface area contributed by atoms with E-state index in [1.165, 1.54) is 33.5 Å². The van der Waals surface area contributed by atoms with E-state index in [0.29, 0.717) is 0 Å². The summed E-state index contributed by atoms with van der Waals surface area (Å²) in [4.78, 5) is 8.93. The normalized spacial score (nSPS) is 18.5. The minimum absolute atomic E-state index is 0.828. The molecule has 1 aromatic carbocycles. The molecule has 1 fully saturated rings. The molecule has 118 valence electrons. The molecular weight excluding hydrogens is 390 g/mol. The van der Waals surface area contributed by atoms with Crippen molar-refractivity contribution < 1.29 is 0 Å². The van der Waals surface area contributed by atoms with Crippen LogP contribution in [0.2, 0.25) is 0 Å². The van der Waals surface area contributed by atoms with E-state index in [9.17, 15) is 0 Å². The van der Waals surface area contributed by atoms with Gasteiger partial charge < -0.3 is 5.73 Å². The SMILES string of the molecule is Nc1sc2c(c1-c1nc3cc(Br)ccc3s1)CCN(C1CC1)C2. The van der Waals surface area contributed by atoms with Crippen LogP contribution in [0.4, 0.5) is 5.00 Å². The van der Waals surface area contributed by atoms with Crippen molar-refractivity contribution in [2.24, 2.45) is 0 Å². The number of hydrogen-bond acceptors (Lipinski definition) is 5. The molecule has 3 nitrogen and oxygen atoms in total. The number of thiophene rings is 1. The number of thiazole rings is 1. The molecule has 0 atom stereocenters. The topological polar surface area (TPSA) is 42.1 Å². The van der Waals surface area contributed by atoms with Crippen molar-refractivity contribution in [2.45, 2.75) is 31.8 Å². The van der Waals surface area contributed by atoms with Gasteiger partial charge >= 0.3 is 0 Å². The molecule has 2 aromatic heterocycles. The number of anilines is 1. The zero-order valence-corrected chi connectivity index (χ0v) is 15.7. The maximum absolute atomic E-state index is 6.40. The Balaban J connectivity index is 1.59. The summed E-state index contributed by atoms with van der Waals surface area (Å²) in [7, 11) is 0. The smallest absolute Gasteiger partial charge is 0.127 e. The fraction of sp³-hybridized carbons (Fsp3) is 0.353. The molecule has 0 unspecified atom stereocenters. The molecule has 2 aliphatic rings. The summed E-state index contributed by atoms with van der Waals surface area (Å²) in [6, 6.07) is 7.11. The fourth-order valence-corrected chi connectivity index (χ4v) is 6.03. The number of fused-ring (bicyclic) bond motifs is 2. The molecule has 0 amide bonds. The van der Waals surface area contributed by atoms with Gasteiger partial charge in [0.15, 0.2) is 0 Å². The summed E-state index contributed by atoms with van der Waals surface area (Å²) >= 11 is 7.05. The summed E-state index contributed by atoms with van der Waals surface area (Å²) in [5.74, 6) is 0. The van der Waals surface area contributed by atoms with E-state index in [0.717, 1.165) is 45.6 Å². The third kappa shape index (κ3) is 2.43. The van der Waals surface area contributed by atoms with Crippen LogP contribution in [0.25, 0.3) is 20.8 Å². The Morgan fingerprint density at radius 1 is 1.26 bits per heavy atom. The van der Waals surface area contributed by atoms with E-state index in [1.54, 1.807) is 22.7 Å². The van der Waals surface area contributed by atoms with Gasteiger partial charge in [0, 0.05) is 34.0 Å². The van der Waals surface area contributed by atoms with Gasteiger partial charge in [-0.3, -0.25) is 4.90 Å². The number of halogens is 1. The summed E-state index contributed by atoms with van der Waals surface area (Å²) in [6.45, 7) is 2.24. The molecule has 23 heavy (non-hydrogen) atoms. The van der Waals surface area contributed by atoms with Crippen LogP contribution in [0.1, 0.15) is 23.3 Å². The van der Waals surface area contributed by atoms with Gasteiger partial charge in [0.2, 0.25) is 0 Å². The Bertz CT molecular complexity index is 910. The van der Waals surface area contributed by atoms with Crippen LogP contribution in [-0.4, -0.2) is 22.5 Å². The quantitative estimate of drug-likeness (QED) is 0.659. The first-order chi connectivity index (χ1) is 11.2. The average molecular weight is 406 g/mol. The van der Waals surface area contributed by atoms with Crippen molar-refractivity contribution in [3.8, 4) is 10.6 Å². The summed E-state index contributed by atoms with van der Waals surface area (Å²) in [5.41, 5.74) is 10.1. The fourth-order valence-electron chi connectivity index (χ4n) is 3.44. The molecule has 5 rings (SSSR count). The van der Waals surface area contributed by atoms with E-state index in [2.05, 4.69) is 39.0 Å². The second-order valence-corrected chi connectivity index (χ2v) is 9.41. The van der Waals surface area contributed by atoms with Gasteiger partial charge in [-0.1, -0.05) is 15.9 Å². The van der Waals surface area contributed by atoms with Crippen LogP contribution in [0.5, 0.6) is 0 Å². The van der Waals surface area contributed by atoms with Crippen molar-refractivity contribution in [3.63, 3.8) is 0 Å². The average Bonchev–Trinajstić information content (AvgIpc) is 3.21. The number of nitrogens with zero attached hydrogens (tertiary/aromatic N) is 2. The van der Waals surface area contributed by atoms with Gasteiger partial charge in [0.1, 0.15) is 5.01 Å². The number of aromatic nitrogens is 1. The molecule has 1 aliphatic carbocycles. The number of nitrogen functional groups attached to an aromatic ring is 1. The van der Waals surface area contributed by atoms with E-state index < -0.39 is 0 Å². The maximum atomic E-state index is 6.40. The van der Waals surface area contributed by atoms with E-state index in [4.69, 9.17) is 10.7 Å². The van der Waals surface area contributed by atoms with Crippen molar-refractivity contribution in [1.29, 1.82) is 0 Å². The molecule has 3 aromatic rings. The third-order valence-corrected chi connectivity index (χ3v) is 7.33. The summed E-state index contributed by atoms with van der Waals surface area (Å²) in [5, 5.41) is 2.01. The molecule has 0 bridgehead atoms. The van der Waals surface area contributed by atoms with Crippen molar-refractivity contribution in [2.75, 3.05) is 12.3 Å². The first kappa shape index (κ1) is 14.4. The molecule has 0 saturated heterocycles. The van der Waals surface area contributed by atoms with Crippen molar-refractivity contribution in [1.82, 2.24) is 9.88 Å². The van der Waals surface area contributed by atoms with Crippen molar-refractivity contribution in [3.05, 3.63) is 33.1 Å². The van der Waals surface area contributed by atoms with Gasteiger partial charge in [0.05, 0.1) is 15.2 Å². The highest BCUT2D eigenvalue weighted by atomic mass is 79.9. The minimum atomic E-state index is 0.828. The van der Waals surface area contributed by atoms with Crippen LogP contribution in [0.15, 0.2) is 22.7 Å². The zero-order valence-electron chi connectivity index (χ0n) is 12.5. The number of rotatable bonds is 2. The Morgan fingerprint density at radius 3 is 2.96 bits per heavy atom. The van der Waals surface area contributed by atoms with E-state index in [-0.39, 0.29) is 0 Å². The largest absolute Gasteiger partial charge is 0.390 e. The molecule has 0 spiro atoms. The molecule has 1 saturated carbocycles. The highest BCUT2D eigenvalue weighted by Crippen LogP contribution is 2.45. The lowest BCUT2D eigenvalue weighted by atomic mass is 10.0. The maximum Gasteiger partial charge on any atom is 0.127 e. The first-order valence-electron chi connectivity index (χ1n) is 7.89. The Kier molecular flexibility index (Phi) is 3.30. The molecular formula is C17H16BrN3S2. The molecule has 3 heterocycles. The van der Waals surface area contributed by atoms with Crippen molar-refractivity contribution >= 4 is 53.8 Å². The number of benzene rings is 1. The molecule has 1 aliphatic heterocycles. The van der Waals surface area contributed by atoms with Crippen LogP contribution in [0.3, 0.4) is 0 Å². The lowest BCUT2D eigenvalue weighted by Crippen LogP contribution is -2.31. The Morgan fingerprint density at radius 2 is 2.13 bits per heavy atom.